The normalized spacial score (nSPS) is 35.2. The van der Waals surface area contributed by atoms with Gasteiger partial charge in [-0.2, -0.15) is 0 Å². The third-order valence-electron chi connectivity index (χ3n) is 5.89. The van der Waals surface area contributed by atoms with E-state index in [2.05, 4.69) is 17.1 Å². The van der Waals surface area contributed by atoms with Gasteiger partial charge in [0.2, 0.25) is 0 Å². The lowest BCUT2D eigenvalue weighted by Crippen LogP contribution is -2.45. The van der Waals surface area contributed by atoms with E-state index >= 15 is 0 Å². The summed E-state index contributed by atoms with van der Waals surface area (Å²) in [7, 11) is 0. The Bertz CT molecular complexity index is 270. The van der Waals surface area contributed by atoms with Gasteiger partial charge >= 0.3 is 0 Å². The lowest BCUT2D eigenvalue weighted by molar-refractivity contribution is 0.0487. The highest BCUT2D eigenvalue weighted by atomic mass is 35.5. The van der Waals surface area contributed by atoms with Crippen molar-refractivity contribution in [1.29, 1.82) is 0 Å². The van der Waals surface area contributed by atoms with Gasteiger partial charge in [-0.05, 0) is 62.6 Å². The molecular formula is C16H31ClN2. The molecule has 2 aliphatic heterocycles. The number of likely N-dealkylation sites (tertiary alicyclic amines) is 1. The third-order valence-corrected chi connectivity index (χ3v) is 5.89. The molecule has 1 N–H and O–H groups in total. The molecule has 2 saturated heterocycles. The van der Waals surface area contributed by atoms with Crippen molar-refractivity contribution in [2.24, 2.45) is 10.8 Å². The summed E-state index contributed by atoms with van der Waals surface area (Å²) < 4.78 is 0. The van der Waals surface area contributed by atoms with Gasteiger partial charge in [-0.15, -0.1) is 12.4 Å². The van der Waals surface area contributed by atoms with Crippen LogP contribution in [0.3, 0.4) is 0 Å². The summed E-state index contributed by atoms with van der Waals surface area (Å²) in [5.74, 6) is 0. The Morgan fingerprint density at radius 1 is 0.947 bits per heavy atom. The largest absolute Gasteiger partial charge is 0.316 e. The maximum absolute atomic E-state index is 3.53. The molecule has 3 fully saturated rings. The Labute approximate surface area is 125 Å². The van der Waals surface area contributed by atoms with Crippen LogP contribution < -0.4 is 5.32 Å². The number of nitrogens with one attached hydrogen (secondary N) is 1. The number of rotatable bonds is 2. The van der Waals surface area contributed by atoms with E-state index in [1.807, 2.05) is 0 Å². The van der Waals surface area contributed by atoms with Gasteiger partial charge in [0.05, 0.1) is 0 Å². The van der Waals surface area contributed by atoms with Crippen molar-refractivity contribution >= 4 is 12.4 Å². The molecule has 0 aromatic heterocycles. The van der Waals surface area contributed by atoms with Crippen molar-refractivity contribution in [3.8, 4) is 0 Å². The van der Waals surface area contributed by atoms with Crippen molar-refractivity contribution < 1.29 is 0 Å². The third kappa shape index (κ3) is 3.65. The topological polar surface area (TPSA) is 15.3 Å². The van der Waals surface area contributed by atoms with Crippen LogP contribution in [-0.4, -0.2) is 37.6 Å². The van der Waals surface area contributed by atoms with E-state index in [-0.39, 0.29) is 12.4 Å². The molecule has 1 spiro atoms. The van der Waals surface area contributed by atoms with Crippen molar-refractivity contribution in [1.82, 2.24) is 10.2 Å². The summed E-state index contributed by atoms with van der Waals surface area (Å²) in [5.41, 5.74) is 1.32. The molecule has 1 saturated carbocycles. The Kier molecular flexibility index (Phi) is 5.19. The van der Waals surface area contributed by atoms with Gasteiger partial charge in [-0.1, -0.05) is 26.2 Å². The predicted molar refractivity (Wildman–Crippen MR) is 84.0 cm³/mol. The van der Waals surface area contributed by atoms with E-state index in [4.69, 9.17) is 0 Å². The van der Waals surface area contributed by atoms with Gasteiger partial charge in [0.25, 0.3) is 0 Å². The van der Waals surface area contributed by atoms with Crippen molar-refractivity contribution in [2.75, 3.05) is 32.7 Å². The van der Waals surface area contributed by atoms with Crippen LogP contribution in [-0.2, 0) is 0 Å². The molecule has 1 unspecified atom stereocenters. The summed E-state index contributed by atoms with van der Waals surface area (Å²) in [6.45, 7) is 9.00. The quantitative estimate of drug-likeness (QED) is 0.836. The van der Waals surface area contributed by atoms with Crippen LogP contribution in [0, 0.1) is 10.8 Å². The predicted octanol–water partition coefficient (Wildman–Crippen LogP) is 3.45. The van der Waals surface area contributed by atoms with Crippen LogP contribution >= 0.6 is 12.4 Å². The first-order valence-electron chi connectivity index (χ1n) is 8.13. The van der Waals surface area contributed by atoms with Gasteiger partial charge < -0.3 is 10.2 Å². The fourth-order valence-electron chi connectivity index (χ4n) is 4.53. The lowest BCUT2D eigenvalue weighted by Gasteiger charge is -2.46. The van der Waals surface area contributed by atoms with Crippen molar-refractivity contribution in [3.05, 3.63) is 0 Å². The molecule has 1 atom stereocenters. The highest BCUT2D eigenvalue weighted by Gasteiger charge is 2.38. The highest BCUT2D eigenvalue weighted by Crippen LogP contribution is 2.44. The molecule has 0 bridgehead atoms. The molecule has 3 heteroatoms. The molecule has 3 aliphatic rings. The number of halogens is 1. The van der Waals surface area contributed by atoms with Gasteiger partial charge in [0.15, 0.2) is 0 Å². The van der Waals surface area contributed by atoms with E-state index in [0.29, 0.717) is 5.41 Å². The molecule has 1 aliphatic carbocycles. The Morgan fingerprint density at radius 3 is 2.21 bits per heavy atom. The molecule has 2 heterocycles. The van der Waals surface area contributed by atoms with Crippen molar-refractivity contribution in [2.45, 2.75) is 58.3 Å². The molecule has 2 nitrogen and oxygen atoms in total. The monoisotopic (exact) mass is 286 g/mol. The first-order chi connectivity index (χ1) is 8.70. The zero-order valence-corrected chi connectivity index (χ0v) is 13.4. The highest BCUT2D eigenvalue weighted by molar-refractivity contribution is 5.85. The summed E-state index contributed by atoms with van der Waals surface area (Å²) in [6, 6.07) is 0. The minimum Gasteiger partial charge on any atom is -0.316 e. The Morgan fingerprint density at radius 2 is 1.63 bits per heavy atom. The van der Waals surface area contributed by atoms with Crippen LogP contribution in [0.2, 0.25) is 0 Å². The van der Waals surface area contributed by atoms with E-state index < -0.39 is 0 Å². The Balaban J connectivity index is 0.00000133. The smallest absolute Gasteiger partial charge is 0.00480 e. The summed E-state index contributed by atoms with van der Waals surface area (Å²) in [4.78, 5) is 2.76. The van der Waals surface area contributed by atoms with Crippen LogP contribution in [0.1, 0.15) is 58.3 Å². The minimum absolute atomic E-state index is 0. The first kappa shape index (κ1) is 15.6. The van der Waals surface area contributed by atoms with Crippen LogP contribution in [0.4, 0.5) is 0 Å². The minimum atomic E-state index is 0. The average Bonchev–Trinajstić information content (AvgIpc) is 2.81. The number of hydrogen-bond donors (Lipinski definition) is 1. The molecule has 3 rings (SSSR count). The van der Waals surface area contributed by atoms with E-state index in [1.165, 1.54) is 84.1 Å². The number of piperidine rings is 1. The molecule has 0 aromatic carbocycles. The van der Waals surface area contributed by atoms with E-state index in [1.54, 1.807) is 0 Å². The SMILES string of the molecule is CC1(CN2CCC3(CCCCC3)CC2)CCNC1.Cl. The van der Waals surface area contributed by atoms with Crippen LogP contribution in [0.15, 0.2) is 0 Å². The van der Waals surface area contributed by atoms with Crippen LogP contribution in [0.25, 0.3) is 0 Å². The second kappa shape index (κ2) is 6.32. The molecule has 19 heavy (non-hydrogen) atoms. The first-order valence-corrected chi connectivity index (χ1v) is 8.13. The lowest BCUT2D eigenvalue weighted by atomic mass is 9.68. The zero-order valence-electron chi connectivity index (χ0n) is 12.5. The van der Waals surface area contributed by atoms with Crippen molar-refractivity contribution in [3.63, 3.8) is 0 Å². The standard InChI is InChI=1S/C16H30N2.ClH/c1-15(7-10-17-13-15)14-18-11-8-16(9-12-18)5-3-2-4-6-16;/h17H,2-14H2,1H3;1H. The Hall–Kier alpha value is 0.210. The maximum atomic E-state index is 3.53. The molecule has 112 valence electrons. The fourth-order valence-corrected chi connectivity index (χ4v) is 4.53. The molecule has 0 amide bonds. The molecule has 0 radical (unpaired) electrons. The number of nitrogens with zero attached hydrogens (tertiary/aromatic N) is 1. The fraction of sp³-hybridized carbons (Fsp3) is 1.00. The second-order valence-corrected chi connectivity index (χ2v) is 7.57. The number of hydrogen-bond acceptors (Lipinski definition) is 2. The van der Waals surface area contributed by atoms with Gasteiger partial charge in [0.1, 0.15) is 0 Å². The summed E-state index contributed by atoms with van der Waals surface area (Å²) in [6.07, 6.45) is 11.9. The van der Waals surface area contributed by atoms with Gasteiger partial charge in [-0.25, -0.2) is 0 Å². The zero-order chi connectivity index (χ0) is 12.5. The summed E-state index contributed by atoms with van der Waals surface area (Å²) >= 11 is 0. The van der Waals surface area contributed by atoms with E-state index in [9.17, 15) is 0 Å². The maximum Gasteiger partial charge on any atom is 0.00480 e. The van der Waals surface area contributed by atoms with E-state index in [0.717, 1.165) is 5.41 Å². The second-order valence-electron chi connectivity index (χ2n) is 7.57. The van der Waals surface area contributed by atoms with Crippen LogP contribution in [0.5, 0.6) is 0 Å². The average molecular weight is 287 g/mol. The van der Waals surface area contributed by atoms with Gasteiger partial charge in [-0.3, -0.25) is 0 Å². The summed E-state index contributed by atoms with van der Waals surface area (Å²) in [5, 5.41) is 3.53. The molecular weight excluding hydrogens is 256 g/mol. The van der Waals surface area contributed by atoms with Gasteiger partial charge in [0, 0.05) is 13.1 Å². The molecule has 0 aromatic rings.